The van der Waals surface area contributed by atoms with Crippen LogP contribution in [0.1, 0.15) is 24.1 Å². The lowest BCUT2D eigenvalue weighted by Gasteiger charge is -2.31. The Balaban J connectivity index is 1.91. The van der Waals surface area contributed by atoms with E-state index >= 15 is 0 Å². The number of benzene rings is 2. The molecule has 158 valence electrons. The molecule has 0 aliphatic carbocycles. The second-order valence-electron chi connectivity index (χ2n) is 7.02. The number of morpholine rings is 1. The van der Waals surface area contributed by atoms with Crippen molar-refractivity contribution in [2.45, 2.75) is 24.8 Å². The van der Waals surface area contributed by atoms with Gasteiger partial charge in [0, 0.05) is 24.1 Å². The van der Waals surface area contributed by atoms with Gasteiger partial charge in [0.25, 0.3) is 0 Å². The van der Waals surface area contributed by atoms with Crippen LogP contribution in [0.25, 0.3) is 0 Å². The van der Waals surface area contributed by atoms with Crippen molar-refractivity contribution in [2.24, 2.45) is 0 Å². The van der Waals surface area contributed by atoms with Crippen molar-refractivity contribution in [2.75, 3.05) is 39.5 Å². The SMILES string of the molecule is CCOc1ccc(Br)cc1S(=O)(=O)NC(CN1CCOCC1)c1ccc(C)cc1. The second kappa shape index (κ2) is 10.0. The first kappa shape index (κ1) is 22.2. The minimum absolute atomic E-state index is 0.132. The number of nitrogens with zero attached hydrogens (tertiary/aromatic N) is 1. The van der Waals surface area contributed by atoms with Crippen LogP contribution in [0, 0.1) is 6.92 Å². The highest BCUT2D eigenvalue weighted by Crippen LogP contribution is 2.29. The van der Waals surface area contributed by atoms with Crippen molar-refractivity contribution in [3.8, 4) is 5.75 Å². The van der Waals surface area contributed by atoms with Crippen molar-refractivity contribution in [3.05, 3.63) is 58.1 Å². The first-order valence-corrected chi connectivity index (χ1v) is 12.0. The summed E-state index contributed by atoms with van der Waals surface area (Å²) in [6.45, 7) is 7.69. The van der Waals surface area contributed by atoms with Gasteiger partial charge in [0.15, 0.2) is 0 Å². The van der Waals surface area contributed by atoms with Crippen LogP contribution in [0.3, 0.4) is 0 Å². The first-order valence-electron chi connectivity index (χ1n) is 9.70. The van der Waals surface area contributed by atoms with Crippen LogP contribution in [-0.2, 0) is 14.8 Å². The van der Waals surface area contributed by atoms with Gasteiger partial charge < -0.3 is 9.47 Å². The van der Waals surface area contributed by atoms with Gasteiger partial charge in [-0.2, -0.15) is 0 Å². The van der Waals surface area contributed by atoms with Gasteiger partial charge in [-0.1, -0.05) is 45.8 Å². The summed E-state index contributed by atoms with van der Waals surface area (Å²) in [5.41, 5.74) is 2.06. The van der Waals surface area contributed by atoms with Crippen molar-refractivity contribution in [1.29, 1.82) is 0 Å². The lowest BCUT2D eigenvalue weighted by atomic mass is 10.1. The van der Waals surface area contributed by atoms with E-state index in [2.05, 4.69) is 25.6 Å². The standard InChI is InChI=1S/C21H27BrN2O4S/c1-3-28-20-9-8-18(22)14-21(20)29(25,26)23-19(15-24-10-12-27-13-11-24)17-6-4-16(2)5-7-17/h4-9,14,19,23H,3,10-13,15H2,1-2H3. The van der Waals surface area contributed by atoms with Crippen LogP contribution < -0.4 is 9.46 Å². The number of hydrogen-bond donors (Lipinski definition) is 1. The number of aryl methyl sites for hydroxylation is 1. The third-order valence-electron chi connectivity index (χ3n) is 4.82. The number of nitrogens with one attached hydrogen (secondary N) is 1. The molecule has 1 fully saturated rings. The monoisotopic (exact) mass is 482 g/mol. The Morgan fingerprint density at radius 2 is 1.86 bits per heavy atom. The molecule has 1 saturated heterocycles. The maximum absolute atomic E-state index is 13.3. The van der Waals surface area contributed by atoms with E-state index in [4.69, 9.17) is 9.47 Å². The van der Waals surface area contributed by atoms with Crippen LogP contribution in [-0.4, -0.2) is 52.8 Å². The van der Waals surface area contributed by atoms with Gasteiger partial charge in [-0.15, -0.1) is 0 Å². The summed E-state index contributed by atoms with van der Waals surface area (Å²) in [6.07, 6.45) is 0. The average Bonchev–Trinajstić information content (AvgIpc) is 2.70. The highest BCUT2D eigenvalue weighted by Gasteiger charge is 2.27. The van der Waals surface area contributed by atoms with E-state index < -0.39 is 10.0 Å². The molecule has 2 aromatic rings. The van der Waals surface area contributed by atoms with Gasteiger partial charge in [0.1, 0.15) is 10.6 Å². The molecule has 0 aromatic heterocycles. The summed E-state index contributed by atoms with van der Waals surface area (Å²) in [5, 5.41) is 0. The fraction of sp³-hybridized carbons (Fsp3) is 0.429. The summed E-state index contributed by atoms with van der Waals surface area (Å²) < 4.78 is 41.2. The number of rotatable bonds is 8. The van der Waals surface area contributed by atoms with Gasteiger partial charge in [-0.05, 0) is 37.6 Å². The summed E-state index contributed by atoms with van der Waals surface area (Å²) in [4.78, 5) is 2.36. The van der Waals surface area contributed by atoms with Gasteiger partial charge in [0.2, 0.25) is 10.0 Å². The maximum Gasteiger partial charge on any atom is 0.244 e. The quantitative estimate of drug-likeness (QED) is 0.623. The smallest absolute Gasteiger partial charge is 0.244 e. The highest BCUT2D eigenvalue weighted by molar-refractivity contribution is 9.10. The molecule has 6 nitrogen and oxygen atoms in total. The fourth-order valence-electron chi connectivity index (χ4n) is 3.27. The Hall–Kier alpha value is -1.45. The summed E-state index contributed by atoms with van der Waals surface area (Å²) in [5.74, 6) is 0.345. The van der Waals surface area contributed by atoms with Crippen LogP contribution >= 0.6 is 15.9 Å². The molecule has 0 bridgehead atoms. The molecule has 1 unspecified atom stereocenters. The van der Waals surface area contributed by atoms with Crippen LogP contribution in [0.4, 0.5) is 0 Å². The minimum atomic E-state index is -3.81. The third-order valence-corrected chi connectivity index (χ3v) is 6.80. The summed E-state index contributed by atoms with van der Waals surface area (Å²) >= 11 is 3.37. The van der Waals surface area contributed by atoms with E-state index in [0.29, 0.717) is 36.6 Å². The molecule has 1 N–H and O–H groups in total. The third kappa shape index (κ3) is 6.02. The Bertz CT molecular complexity index is 913. The van der Waals surface area contributed by atoms with E-state index in [-0.39, 0.29) is 10.9 Å². The lowest BCUT2D eigenvalue weighted by molar-refractivity contribution is 0.0345. The topological polar surface area (TPSA) is 67.9 Å². The molecule has 8 heteroatoms. The van der Waals surface area contributed by atoms with Gasteiger partial charge in [0.05, 0.1) is 25.9 Å². The predicted octanol–water partition coefficient (Wildman–Crippen LogP) is 3.51. The molecule has 0 amide bonds. The summed E-state index contributed by atoms with van der Waals surface area (Å²) in [7, 11) is -3.81. The van der Waals surface area contributed by atoms with E-state index in [1.165, 1.54) is 0 Å². The lowest BCUT2D eigenvalue weighted by Crippen LogP contribution is -2.43. The molecule has 1 atom stereocenters. The van der Waals surface area contributed by atoms with Crippen molar-refractivity contribution in [1.82, 2.24) is 9.62 Å². The zero-order valence-corrected chi connectivity index (χ0v) is 19.1. The molecule has 1 heterocycles. The van der Waals surface area contributed by atoms with Crippen LogP contribution in [0.5, 0.6) is 5.75 Å². The van der Waals surface area contributed by atoms with Crippen molar-refractivity contribution in [3.63, 3.8) is 0 Å². The zero-order chi connectivity index (χ0) is 20.9. The minimum Gasteiger partial charge on any atom is -0.492 e. The average molecular weight is 483 g/mol. The Kier molecular flexibility index (Phi) is 7.70. The van der Waals surface area contributed by atoms with Crippen molar-refractivity contribution >= 4 is 26.0 Å². The van der Waals surface area contributed by atoms with Gasteiger partial charge >= 0.3 is 0 Å². The van der Waals surface area contributed by atoms with E-state index in [1.54, 1.807) is 18.2 Å². The second-order valence-corrected chi connectivity index (χ2v) is 9.62. The molecular weight excluding hydrogens is 456 g/mol. The van der Waals surface area contributed by atoms with E-state index in [0.717, 1.165) is 24.2 Å². The Morgan fingerprint density at radius 3 is 2.52 bits per heavy atom. The fourth-order valence-corrected chi connectivity index (χ4v) is 5.17. The molecule has 0 radical (unpaired) electrons. The molecular formula is C21H27BrN2O4S. The van der Waals surface area contributed by atoms with Crippen LogP contribution in [0.2, 0.25) is 0 Å². The van der Waals surface area contributed by atoms with Crippen LogP contribution in [0.15, 0.2) is 51.8 Å². The molecule has 1 aliphatic rings. The molecule has 3 rings (SSSR count). The molecule has 0 spiro atoms. The molecule has 1 aliphatic heterocycles. The number of halogens is 1. The highest BCUT2D eigenvalue weighted by atomic mass is 79.9. The normalized spacial score (nSPS) is 16.5. The largest absolute Gasteiger partial charge is 0.492 e. The predicted molar refractivity (Wildman–Crippen MR) is 117 cm³/mol. The van der Waals surface area contributed by atoms with E-state index in [1.807, 2.05) is 38.1 Å². The number of sulfonamides is 1. The molecule has 0 saturated carbocycles. The summed E-state index contributed by atoms with van der Waals surface area (Å²) in [6, 6.07) is 12.6. The van der Waals surface area contributed by atoms with Gasteiger partial charge in [-0.25, -0.2) is 13.1 Å². The van der Waals surface area contributed by atoms with E-state index in [9.17, 15) is 8.42 Å². The Labute approximate surface area is 181 Å². The van der Waals surface area contributed by atoms with Crippen molar-refractivity contribution < 1.29 is 17.9 Å². The first-order chi connectivity index (χ1) is 13.9. The number of hydrogen-bond acceptors (Lipinski definition) is 5. The Morgan fingerprint density at radius 1 is 1.17 bits per heavy atom. The maximum atomic E-state index is 13.3. The zero-order valence-electron chi connectivity index (χ0n) is 16.7. The molecule has 2 aromatic carbocycles. The van der Waals surface area contributed by atoms with Gasteiger partial charge in [-0.3, -0.25) is 4.90 Å². The molecule has 29 heavy (non-hydrogen) atoms. The number of ether oxygens (including phenoxy) is 2.